The highest BCUT2D eigenvalue weighted by Gasteiger charge is 2.53. The number of aromatic amines is 1. The number of amides is 1. The number of nitrogens with zero attached hydrogens (tertiary/aromatic N) is 2. The van der Waals surface area contributed by atoms with E-state index in [0.717, 1.165) is 16.8 Å². The standard InChI is InChI=1S/C14H14N4O3/c19-14(11-7-13(11)18(20)21)15-8-9-1-3-10(4-2-9)12-5-6-16-17-12/h1-6,11,13H,7-8H2,(H,15,19)(H,16,17). The molecular weight excluding hydrogens is 272 g/mol. The van der Waals surface area contributed by atoms with Crippen molar-refractivity contribution in [2.45, 2.75) is 19.0 Å². The lowest BCUT2D eigenvalue weighted by Crippen LogP contribution is -2.26. The molecule has 7 nitrogen and oxygen atoms in total. The van der Waals surface area contributed by atoms with Gasteiger partial charge in [0.2, 0.25) is 11.9 Å². The van der Waals surface area contributed by atoms with Crippen LogP contribution < -0.4 is 5.32 Å². The molecule has 2 N–H and O–H groups in total. The van der Waals surface area contributed by atoms with Gasteiger partial charge in [0.05, 0.1) is 5.69 Å². The number of H-pyrrole nitrogens is 1. The lowest BCUT2D eigenvalue weighted by atomic mass is 10.1. The second-order valence-corrected chi connectivity index (χ2v) is 5.08. The van der Waals surface area contributed by atoms with E-state index >= 15 is 0 Å². The van der Waals surface area contributed by atoms with Crippen LogP contribution in [0.3, 0.4) is 0 Å². The summed E-state index contributed by atoms with van der Waals surface area (Å²) in [5, 5.41) is 20.0. The van der Waals surface area contributed by atoms with E-state index in [1.807, 2.05) is 30.3 Å². The number of rotatable bonds is 5. The van der Waals surface area contributed by atoms with Crippen molar-refractivity contribution in [1.29, 1.82) is 0 Å². The molecule has 1 fully saturated rings. The largest absolute Gasteiger partial charge is 0.352 e. The summed E-state index contributed by atoms with van der Waals surface area (Å²) in [7, 11) is 0. The number of carbonyl (C=O) groups is 1. The van der Waals surface area contributed by atoms with E-state index in [0.29, 0.717) is 13.0 Å². The molecule has 1 saturated carbocycles. The third-order valence-electron chi connectivity index (χ3n) is 3.60. The first-order valence-corrected chi connectivity index (χ1v) is 6.65. The third-order valence-corrected chi connectivity index (χ3v) is 3.60. The number of hydrogen-bond acceptors (Lipinski definition) is 4. The van der Waals surface area contributed by atoms with Crippen LogP contribution in [0, 0.1) is 16.0 Å². The Kier molecular flexibility index (Phi) is 3.39. The Morgan fingerprint density at radius 1 is 1.38 bits per heavy atom. The molecule has 1 aliphatic carbocycles. The quantitative estimate of drug-likeness (QED) is 0.640. The maximum atomic E-state index is 11.7. The molecule has 1 amide bonds. The molecule has 2 atom stereocenters. The number of hydrogen-bond donors (Lipinski definition) is 2. The maximum Gasteiger partial charge on any atom is 0.230 e. The van der Waals surface area contributed by atoms with Gasteiger partial charge in [0.25, 0.3) is 0 Å². The Bertz CT molecular complexity index is 651. The molecule has 0 aliphatic heterocycles. The monoisotopic (exact) mass is 286 g/mol. The van der Waals surface area contributed by atoms with Crippen LogP contribution in [0.25, 0.3) is 11.3 Å². The zero-order valence-electron chi connectivity index (χ0n) is 11.2. The molecule has 3 rings (SSSR count). The molecule has 1 aromatic carbocycles. The molecule has 0 spiro atoms. The molecule has 108 valence electrons. The summed E-state index contributed by atoms with van der Waals surface area (Å²) in [6.45, 7) is 0.378. The summed E-state index contributed by atoms with van der Waals surface area (Å²) in [6, 6.07) is 8.87. The van der Waals surface area contributed by atoms with Gasteiger partial charge in [-0.2, -0.15) is 5.10 Å². The lowest BCUT2D eigenvalue weighted by molar-refractivity contribution is -0.497. The predicted molar refractivity (Wildman–Crippen MR) is 74.8 cm³/mol. The molecule has 1 aliphatic rings. The van der Waals surface area contributed by atoms with Crippen LogP contribution in [-0.2, 0) is 11.3 Å². The van der Waals surface area contributed by atoms with Gasteiger partial charge in [-0.25, -0.2) is 0 Å². The van der Waals surface area contributed by atoms with E-state index in [2.05, 4.69) is 15.5 Å². The van der Waals surface area contributed by atoms with E-state index < -0.39 is 12.0 Å². The fourth-order valence-electron chi connectivity index (χ4n) is 2.24. The number of aromatic nitrogens is 2. The van der Waals surface area contributed by atoms with E-state index in [1.165, 1.54) is 0 Å². The van der Waals surface area contributed by atoms with Gasteiger partial charge < -0.3 is 5.32 Å². The van der Waals surface area contributed by atoms with Crippen LogP contribution in [0.15, 0.2) is 36.5 Å². The van der Waals surface area contributed by atoms with E-state index in [4.69, 9.17) is 0 Å². The van der Waals surface area contributed by atoms with Gasteiger partial charge in [0.1, 0.15) is 5.92 Å². The minimum absolute atomic E-state index is 0.241. The van der Waals surface area contributed by atoms with Crippen LogP contribution in [0.2, 0.25) is 0 Å². The van der Waals surface area contributed by atoms with Crippen LogP contribution in [0.4, 0.5) is 0 Å². The van der Waals surface area contributed by atoms with Gasteiger partial charge in [-0.1, -0.05) is 24.3 Å². The number of benzene rings is 1. The first-order valence-electron chi connectivity index (χ1n) is 6.65. The summed E-state index contributed by atoms with van der Waals surface area (Å²) in [6.07, 6.45) is 2.03. The lowest BCUT2D eigenvalue weighted by Gasteiger charge is -2.05. The zero-order chi connectivity index (χ0) is 14.8. The summed E-state index contributed by atoms with van der Waals surface area (Å²) in [5.74, 6) is -0.710. The molecule has 2 aromatic rings. The molecule has 7 heteroatoms. The highest BCUT2D eigenvalue weighted by molar-refractivity contribution is 5.81. The highest BCUT2D eigenvalue weighted by Crippen LogP contribution is 2.33. The van der Waals surface area contributed by atoms with Gasteiger partial charge in [0, 0.05) is 24.1 Å². The third kappa shape index (κ3) is 2.91. The van der Waals surface area contributed by atoms with Gasteiger partial charge in [-0.15, -0.1) is 0 Å². The number of carbonyl (C=O) groups excluding carboxylic acids is 1. The van der Waals surface area contributed by atoms with Crippen molar-refractivity contribution in [2.75, 3.05) is 0 Å². The van der Waals surface area contributed by atoms with Gasteiger partial charge in [-0.05, 0) is 17.2 Å². The minimum atomic E-state index is -0.701. The second-order valence-electron chi connectivity index (χ2n) is 5.08. The summed E-state index contributed by atoms with van der Waals surface area (Å²) in [4.78, 5) is 21.9. The van der Waals surface area contributed by atoms with Crippen LogP contribution in [0.1, 0.15) is 12.0 Å². The smallest absolute Gasteiger partial charge is 0.230 e. The normalized spacial score (nSPS) is 20.0. The van der Waals surface area contributed by atoms with Crippen molar-refractivity contribution in [2.24, 2.45) is 5.92 Å². The van der Waals surface area contributed by atoms with Crippen LogP contribution >= 0.6 is 0 Å². The molecule has 1 heterocycles. The summed E-state index contributed by atoms with van der Waals surface area (Å²) in [5.41, 5.74) is 2.89. The predicted octanol–water partition coefficient (Wildman–Crippen LogP) is 1.36. The Balaban J connectivity index is 1.54. The van der Waals surface area contributed by atoms with Crippen LogP contribution in [-0.4, -0.2) is 27.1 Å². The molecule has 1 aromatic heterocycles. The Morgan fingerprint density at radius 3 is 2.71 bits per heavy atom. The van der Waals surface area contributed by atoms with Gasteiger partial charge >= 0.3 is 0 Å². The number of nitro groups is 1. The molecule has 0 radical (unpaired) electrons. The van der Waals surface area contributed by atoms with E-state index in [1.54, 1.807) is 6.20 Å². The average molecular weight is 286 g/mol. The highest BCUT2D eigenvalue weighted by atomic mass is 16.6. The number of nitrogens with one attached hydrogen (secondary N) is 2. The van der Waals surface area contributed by atoms with Gasteiger partial charge in [-0.3, -0.25) is 20.0 Å². The fourth-order valence-corrected chi connectivity index (χ4v) is 2.24. The molecule has 0 saturated heterocycles. The first-order chi connectivity index (χ1) is 10.1. The first kappa shape index (κ1) is 13.3. The minimum Gasteiger partial charge on any atom is -0.352 e. The topological polar surface area (TPSA) is 101 Å². The maximum absolute atomic E-state index is 11.7. The fraction of sp³-hybridized carbons (Fsp3) is 0.286. The summed E-state index contributed by atoms with van der Waals surface area (Å²) >= 11 is 0. The van der Waals surface area contributed by atoms with Gasteiger partial charge in [0.15, 0.2) is 0 Å². The Hall–Kier alpha value is -2.70. The van der Waals surface area contributed by atoms with Crippen molar-refractivity contribution in [3.05, 3.63) is 52.2 Å². The molecule has 2 unspecified atom stereocenters. The summed E-state index contributed by atoms with van der Waals surface area (Å²) < 4.78 is 0. The Labute approximate surface area is 120 Å². The average Bonchev–Trinajstić information content (AvgIpc) is 3.12. The second kappa shape index (κ2) is 5.35. The Morgan fingerprint density at radius 2 is 2.14 bits per heavy atom. The van der Waals surface area contributed by atoms with Crippen molar-refractivity contribution in [3.63, 3.8) is 0 Å². The van der Waals surface area contributed by atoms with Crippen LogP contribution in [0.5, 0.6) is 0 Å². The SMILES string of the molecule is O=C(NCc1ccc(-c2ccn[nH]2)cc1)C1CC1[N+](=O)[O-]. The molecule has 0 bridgehead atoms. The van der Waals surface area contributed by atoms with Crippen molar-refractivity contribution < 1.29 is 9.72 Å². The zero-order valence-corrected chi connectivity index (χ0v) is 11.2. The van der Waals surface area contributed by atoms with E-state index in [-0.39, 0.29) is 10.8 Å². The van der Waals surface area contributed by atoms with E-state index in [9.17, 15) is 14.9 Å². The molecule has 21 heavy (non-hydrogen) atoms. The van der Waals surface area contributed by atoms with Crippen molar-refractivity contribution in [3.8, 4) is 11.3 Å². The van der Waals surface area contributed by atoms with Crippen molar-refractivity contribution in [1.82, 2.24) is 15.5 Å². The van der Waals surface area contributed by atoms with Crippen molar-refractivity contribution >= 4 is 5.91 Å². The molecular formula is C14H14N4O3.